The lowest BCUT2D eigenvalue weighted by Crippen LogP contribution is -2.02. The number of hydrogen-bond acceptors (Lipinski definition) is 2. The first-order valence-electron chi connectivity index (χ1n) is 6.24. The smallest absolute Gasteiger partial charge is 0.128 e. The summed E-state index contributed by atoms with van der Waals surface area (Å²) in [5, 5.41) is 8.44. The Hall–Kier alpha value is -2.43. The number of benzene rings is 2. The molecule has 0 saturated heterocycles. The summed E-state index contributed by atoms with van der Waals surface area (Å²) < 4.78 is 28.0. The van der Waals surface area contributed by atoms with E-state index >= 15 is 0 Å². The second kappa shape index (κ2) is 4.92. The molecular weight excluding hydrogens is 260 g/mol. The van der Waals surface area contributed by atoms with Crippen molar-refractivity contribution in [2.45, 2.75) is 6.54 Å². The highest BCUT2D eigenvalue weighted by Gasteiger charge is 2.08. The van der Waals surface area contributed by atoms with E-state index in [4.69, 9.17) is 0 Å². The summed E-state index contributed by atoms with van der Waals surface area (Å²) in [6, 6.07) is 11.2. The summed E-state index contributed by atoms with van der Waals surface area (Å²) in [6.45, 7) is 0.407. The van der Waals surface area contributed by atoms with Gasteiger partial charge in [0.1, 0.15) is 11.6 Å². The number of rotatable bonds is 3. The Morgan fingerprint density at radius 2 is 1.80 bits per heavy atom. The van der Waals surface area contributed by atoms with Crippen molar-refractivity contribution < 1.29 is 8.78 Å². The van der Waals surface area contributed by atoms with Gasteiger partial charge in [-0.2, -0.15) is 5.10 Å². The van der Waals surface area contributed by atoms with Gasteiger partial charge in [-0.15, -0.1) is 0 Å². The van der Waals surface area contributed by atoms with E-state index in [0.29, 0.717) is 12.2 Å². The Kier molecular flexibility index (Phi) is 3.10. The molecular formula is C15H13F2N3. The Morgan fingerprint density at radius 3 is 2.55 bits per heavy atom. The van der Waals surface area contributed by atoms with Crippen LogP contribution in [0.15, 0.2) is 42.5 Å². The van der Waals surface area contributed by atoms with Crippen LogP contribution in [0.25, 0.3) is 10.9 Å². The fourth-order valence-electron chi connectivity index (χ4n) is 2.26. The van der Waals surface area contributed by atoms with E-state index in [1.54, 1.807) is 4.68 Å². The number of para-hydroxylation sites is 1. The zero-order valence-corrected chi connectivity index (χ0v) is 10.9. The van der Waals surface area contributed by atoms with E-state index in [1.165, 1.54) is 12.1 Å². The molecule has 0 saturated carbocycles. The van der Waals surface area contributed by atoms with Crippen LogP contribution < -0.4 is 5.32 Å². The Bertz CT molecular complexity index is 745. The zero-order chi connectivity index (χ0) is 14.1. The van der Waals surface area contributed by atoms with Gasteiger partial charge >= 0.3 is 0 Å². The van der Waals surface area contributed by atoms with Gasteiger partial charge in [0.25, 0.3) is 0 Å². The summed E-state index contributed by atoms with van der Waals surface area (Å²) in [7, 11) is 1.87. The molecule has 3 rings (SSSR count). The normalized spacial score (nSPS) is 10.9. The molecule has 0 aliphatic carbocycles. The van der Waals surface area contributed by atoms with Crippen molar-refractivity contribution in [1.82, 2.24) is 9.78 Å². The molecule has 0 radical (unpaired) electrons. The molecule has 0 amide bonds. The minimum absolute atomic E-state index is 0.400. The van der Waals surface area contributed by atoms with E-state index in [9.17, 15) is 8.78 Å². The van der Waals surface area contributed by atoms with Crippen LogP contribution in [0, 0.1) is 11.6 Å². The zero-order valence-electron chi connectivity index (χ0n) is 10.9. The average molecular weight is 273 g/mol. The highest BCUT2D eigenvalue weighted by Crippen LogP contribution is 2.19. The van der Waals surface area contributed by atoms with E-state index < -0.39 is 11.6 Å². The van der Waals surface area contributed by atoms with Crippen LogP contribution in [0.5, 0.6) is 0 Å². The van der Waals surface area contributed by atoms with Crippen molar-refractivity contribution in [3.8, 4) is 0 Å². The maximum Gasteiger partial charge on any atom is 0.128 e. The largest absolute Gasteiger partial charge is 0.379 e. The SMILES string of the molecule is Cn1nc(CNc2cc(F)cc(F)c2)c2ccccc21. The molecule has 3 nitrogen and oxygen atoms in total. The summed E-state index contributed by atoms with van der Waals surface area (Å²) in [5.41, 5.74) is 2.26. The van der Waals surface area contributed by atoms with Crippen molar-refractivity contribution in [2.75, 3.05) is 5.32 Å². The minimum atomic E-state index is -0.599. The number of anilines is 1. The summed E-state index contributed by atoms with van der Waals surface area (Å²) in [6.07, 6.45) is 0. The number of aryl methyl sites for hydroxylation is 1. The number of aromatic nitrogens is 2. The van der Waals surface area contributed by atoms with Gasteiger partial charge in [0, 0.05) is 24.2 Å². The third-order valence-corrected chi connectivity index (χ3v) is 3.16. The van der Waals surface area contributed by atoms with Gasteiger partial charge in [0.05, 0.1) is 17.8 Å². The Labute approximate surface area is 114 Å². The molecule has 0 atom stereocenters. The first-order chi connectivity index (χ1) is 9.63. The lowest BCUT2D eigenvalue weighted by Gasteiger charge is -2.05. The van der Waals surface area contributed by atoms with Crippen LogP contribution in [0.4, 0.5) is 14.5 Å². The van der Waals surface area contributed by atoms with Crippen molar-refractivity contribution in [2.24, 2.45) is 7.05 Å². The van der Waals surface area contributed by atoms with Gasteiger partial charge in [0.2, 0.25) is 0 Å². The Morgan fingerprint density at radius 1 is 1.10 bits per heavy atom. The van der Waals surface area contributed by atoms with Crippen molar-refractivity contribution in [3.05, 3.63) is 59.8 Å². The lowest BCUT2D eigenvalue weighted by molar-refractivity contribution is 0.584. The molecule has 1 aromatic heterocycles. The predicted octanol–water partition coefficient (Wildman–Crippen LogP) is 3.46. The van der Waals surface area contributed by atoms with Gasteiger partial charge in [-0.3, -0.25) is 4.68 Å². The van der Waals surface area contributed by atoms with Gasteiger partial charge in [-0.25, -0.2) is 8.78 Å². The maximum absolute atomic E-state index is 13.1. The first-order valence-corrected chi connectivity index (χ1v) is 6.24. The van der Waals surface area contributed by atoms with Crippen molar-refractivity contribution >= 4 is 16.6 Å². The molecule has 0 aliphatic heterocycles. The molecule has 0 spiro atoms. The number of fused-ring (bicyclic) bond motifs is 1. The predicted molar refractivity (Wildman–Crippen MR) is 74.4 cm³/mol. The second-order valence-electron chi connectivity index (χ2n) is 4.60. The Balaban J connectivity index is 1.87. The van der Waals surface area contributed by atoms with Crippen LogP contribution in [-0.4, -0.2) is 9.78 Å². The summed E-state index contributed by atoms with van der Waals surface area (Å²) in [5.74, 6) is -1.20. The van der Waals surface area contributed by atoms with E-state index in [-0.39, 0.29) is 0 Å². The number of nitrogens with zero attached hydrogens (tertiary/aromatic N) is 2. The van der Waals surface area contributed by atoms with Crippen LogP contribution in [0.3, 0.4) is 0 Å². The molecule has 0 fully saturated rings. The third-order valence-electron chi connectivity index (χ3n) is 3.16. The van der Waals surface area contributed by atoms with Crippen molar-refractivity contribution in [3.63, 3.8) is 0 Å². The molecule has 2 aromatic carbocycles. The number of hydrogen-bond donors (Lipinski definition) is 1. The average Bonchev–Trinajstić information content (AvgIpc) is 2.73. The van der Waals surface area contributed by atoms with Gasteiger partial charge in [0.15, 0.2) is 0 Å². The molecule has 1 N–H and O–H groups in total. The fourth-order valence-corrected chi connectivity index (χ4v) is 2.26. The van der Waals surface area contributed by atoms with Crippen LogP contribution in [0.2, 0.25) is 0 Å². The van der Waals surface area contributed by atoms with Crippen LogP contribution in [0.1, 0.15) is 5.69 Å². The summed E-state index contributed by atoms with van der Waals surface area (Å²) in [4.78, 5) is 0. The molecule has 3 aromatic rings. The lowest BCUT2D eigenvalue weighted by atomic mass is 10.2. The van der Waals surface area contributed by atoms with Crippen LogP contribution >= 0.6 is 0 Å². The fraction of sp³-hybridized carbons (Fsp3) is 0.133. The molecule has 0 aliphatic rings. The van der Waals surface area contributed by atoms with E-state index in [2.05, 4.69) is 10.4 Å². The quantitative estimate of drug-likeness (QED) is 0.792. The molecule has 5 heteroatoms. The van der Waals surface area contributed by atoms with Crippen molar-refractivity contribution in [1.29, 1.82) is 0 Å². The molecule has 102 valence electrons. The molecule has 1 heterocycles. The molecule has 0 bridgehead atoms. The van der Waals surface area contributed by atoms with Gasteiger partial charge in [-0.05, 0) is 18.2 Å². The third kappa shape index (κ3) is 2.34. The topological polar surface area (TPSA) is 29.9 Å². The second-order valence-corrected chi connectivity index (χ2v) is 4.60. The standard InChI is InChI=1S/C15H13F2N3/c1-20-15-5-3-2-4-13(15)14(19-20)9-18-12-7-10(16)6-11(17)8-12/h2-8,18H,9H2,1H3. The molecule has 0 unspecified atom stereocenters. The van der Waals surface area contributed by atoms with Gasteiger partial charge < -0.3 is 5.32 Å². The van der Waals surface area contributed by atoms with E-state index in [1.807, 2.05) is 31.3 Å². The highest BCUT2D eigenvalue weighted by molar-refractivity contribution is 5.82. The van der Waals surface area contributed by atoms with E-state index in [0.717, 1.165) is 22.7 Å². The molecule has 20 heavy (non-hydrogen) atoms. The first kappa shape index (κ1) is 12.6. The van der Waals surface area contributed by atoms with Crippen LogP contribution in [-0.2, 0) is 13.6 Å². The monoisotopic (exact) mass is 273 g/mol. The minimum Gasteiger partial charge on any atom is -0.379 e. The van der Waals surface area contributed by atoms with Gasteiger partial charge in [-0.1, -0.05) is 18.2 Å². The number of halogens is 2. The highest BCUT2D eigenvalue weighted by atomic mass is 19.1. The summed E-state index contributed by atoms with van der Waals surface area (Å²) >= 11 is 0. The number of nitrogens with one attached hydrogen (secondary N) is 1. The maximum atomic E-state index is 13.1.